The predicted molar refractivity (Wildman–Crippen MR) is 69.6 cm³/mol. The van der Waals surface area contributed by atoms with Gasteiger partial charge in [-0.15, -0.1) is 0 Å². The Labute approximate surface area is 110 Å². The zero-order valence-electron chi connectivity index (χ0n) is 10.9. The summed E-state index contributed by atoms with van der Waals surface area (Å²) in [4.78, 5) is 23.7. The van der Waals surface area contributed by atoms with Crippen LogP contribution in [0.15, 0.2) is 18.2 Å². The first kappa shape index (κ1) is 14.9. The first-order chi connectivity index (χ1) is 8.81. The third-order valence-corrected chi connectivity index (χ3v) is 2.48. The molecule has 0 saturated carbocycles. The van der Waals surface area contributed by atoms with Gasteiger partial charge in [0.05, 0.1) is 11.3 Å². The highest BCUT2D eigenvalue weighted by molar-refractivity contribution is 5.99. The van der Waals surface area contributed by atoms with E-state index >= 15 is 0 Å². The number of amides is 1. The fourth-order valence-electron chi connectivity index (χ4n) is 1.83. The monoisotopic (exact) mass is 268 g/mol. The maximum Gasteiger partial charge on any atom is 0.323 e. The van der Waals surface area contributed by atoms with Crippen LogP contribution < -0.4 is 10.6 Å². The zero-order valence-corrected chi connectivity index (χ0v) is 10.9. The van der Waals surface area contributed by atoms with Gasteiger partial charge in [-0.3, -0.25) is 9.59 Å². The minimum Gasteiger partial charge on any atom is -0.480 e. The Morgan fingerprint density at radius 2 is 2.05 bits per heavy atom. The summed E-state index contributed by atoms with van der Waals surface area (Å²) in [6, 6.07) is 3.57. The van der Waals surface area contributed by atoms with Crippen molar-refractivity contribution in [2.45, 2.75) is 13.8 Å². The second kappa shape index (κ2) is 6.17. The Bertz CT molecular complexity index is 489. The van der Waals surface area contributed by atoms with Gasteiger partial charge < -0.3 is 15.7 Å². The molecule has 6 heteroatoms. The second-order valence-corrected chi connectivity index (χ2v) is 4.69. The van der Waals surface area contributed by atoms with E-state index in [1.54, 1.807) is 0 Å². The maximum atomic E-state index is 13.2. The van der Waals surface area contributed by atoms with Gasteiger partial charge >= 0.3 is 5.97 Å². The number of hydrogen-bond donors (Lipinski definition) is 2. The number of rotatable bonds is 6. The van der Waals surface area contributed by atoms with Crippen LogP contribution in [0.5, 0.6) is 0 Å². The Balaban J connectivity index is 3.20. The Hall–Kier alpha value is -2.11. The summed E-state index contributed by atoms with van der Waals surface area (Å²) in [7, 11) is 0. The van der Waals surface area contributed by atoms with E-state index in [0.29, 0.717) is 12.2 Å². The number of anilines is 1. The van der Waals surface area contributed by atoms with Gasteiger partial charge in [-0.05, 0) is 24.1 Å². The van der Waals surface area contributed by atoms with E-state index in [2.05, 4.69) is 0 Å². The van der Waals surface area contributed by atoms with Crippen LogP contribution in [0.25, 0.3) is 0 Å². The summed E-state index contributed by atoms with van der Waals surface area (Å²) < 4.78 is 13.2. The van der Waals surface area contributed by atoms with Crippen molar-refractivity contribution in [3.63, 3.8) is 0 Å². The molecule has 1 aromatic carbocycles. The normalized spacial score (nSPS) is 10.5. The molecule has 1 amide bonds. The first-order valence-corrected chi connectivity index (χ1v) is 5.87. The number of nitrogens with two attached hydrogens (primary N) is 1. The van der Waals surface area contributed by atoms with Crippen molar-refractivity contribution in [2.24, 2.45) is 11.7 Å². The Kier molecular flexibility index (Phi) is 4.86. The van der Waals surface area contributed by atoms with E-state index in [-0.39, 0.29) is 18.0 Å². The molecule has 0 aliphatic heterocycles. The summed E-state index contributed by atoms with van der Waals surface area (Å²) in [5.74, 6) is -2.21. The fraction of sp³-hybridized carbons (Fsp3) is 0.385. The average Bonchev–Trinajstić information content (AvgIpc) is 2.26. The third-order valence-electron chi connectivity index (χ3n) is 2.48. The third kappa shape index (κ3) is 4.24. The van der Waals surface area contributed by atoms with Gasteiger partial charge in [-0.1, -0.05) is 13.8 Å². The minimum absolute atomic E-state index is 0.0121. The van der Waals surface area contributed by atoms with Crippen LogP contribution in [0, 0.1) is 11.7 Å². The number of carboxylic acids is 1. The summed E-state index contributed by atoms with van der Waals surface area (Å²) in [6.45, 7) is 3.99. The van der Waals surface area contributed by atoms with Crippen LogP contribution in [0.2, 0.25) is 0 Å². The SMILES string of the molecule is CC(C)CN(CC(=O)O)c1ccc(F)cc1C(N)=O. The van der Waals surface area contributed by atoms with Gasteiger partial charge in [-0.2, -0.15) is 0 Å². The maximum absolute atomic E-state index is 13.2. The molecule has 0 spiro atoms. The topological polar surface area (TPSA) is 83.6 Å². The molecule has 1 aromatic rings. The molecular formula is C13H17FN2O3. The van der Waals surface area contributed by atoms with Crippen LogP contribution in [-0.2, 0) is 4.79 Å². The molecule has 0 heterocycles. The number of halogens is 1. The molecule has 0 radical (unpaired) electrons. The van der Waals surface area contributed by atoms with Crippen LogP contribution >= 0.6 is 0 Å². The molecule has 0 saturated heterocycles. The lowest BCUT2D eigenvalue weighted by molar-refractivity contribution is -0.135. The molecule has 0 unspecified atom stereocenters. The summed E-state index contributed by atoms with van der Waals surface area (Å²) in [6.07, 6.45) is 0. The number of carbonyl (C=O) groups is 2. The molecule has 0 aliphatic carbocycles. The van der Waals surface area contributed by atoms with E-state index in [0.717, 1.165) is 6.07 Å². The summed E-state index contributed by atoms with van der Waals surface area (Å²) in [5, 5.41) is 8.91. The van der Waals surface area contributed by atoms with Crippen molar-refractivity contribution >= 4 is 17.6 Å². The Morgan fingerprint density at radius 1 is 1.42 bits per heavy atom. The molecule has 1 rings (SSSR count). The fourth-order valence-corrected chi connectivity index (χ4v) is 1.83. The summed E-state index contributed by atoms with van der Waals surface area (Å²) >= 11 is 0. The number of nitrogens with zero attached hydrogens (tertiary/aromatic N) is 1. The van der Waals surface area contributed by atoms with Crippen molar-refractivity contribution in [2.75, 3.05) is 18.0 Å². The molecule has 0 aliphatic rings. The number of hydrogen-bond acceptors (Lipinski definition) is 3. The van der Waals surface area contributed by atoms with Crippen LogP contribution in [0.1, 0.15) is 24.2 Å². The van der Waals surface area contributed by atoms with Gasteiger partial charge in [0.2, 0.25) is 0 Å². The molecule has 0 aromatic heterocycles. The van der Waals surface area contributed by atoms with Gasteiger partial charge in [0.25, 0.3) is 5.91 Å². The van der Waals surface area contributed by atoms with Crippen molar-refractivity contribution in [1.82, 2.24) is 0 Å². The largest absolute Gasteiger partial charge is 0.480 e. The standard InChI is InChI=1S/C13H17FN2O3/c1-8(2)6-16(7-12(17)18)11-4-3-9(14)5-10(11)13(15)19/h3-5,8H,6-7H2,1-2H3,(H2,15,19)(H,17,18). The minimum atomic E-state index is -1.03. The lowest BCUT2D eigenvalue weighted by atomic mass is 10.1. The highest BCUT2D eigenvalue weighted by Crippen LogP contribution is 2.22. The van der Waals surface area contributed by atoms with E-state index in [9.17, 15) is 14.0 Å². The first-order valence-electron chi connectivity index (χ1n) is 5.87. The average molecular weight is 268 g/mol. The van der Waals surface area contributed by atoms with E-state index in [4.69, 9.17) is 10.8 Å². The van der Waals surface area contributed by atoms with Gasteiger partial charge in [0.1, 0.15) is 12.4 Å². The predicted octanol–water partition coefficient (Wildman–Crippen LogP) is 1.47. The highest BCUT2D eigenvalue weighted by Gasteiger charge is 2.18. The number of carboxylic acid groups (broad SMARTS) is 1. The molecule has 104 valence electrons. The van der Waals surface area contributed by atoms with Gasteiger partial charge in [-0.25, -0.2) is 4.39 Å². The lowest BCUT2D eigenvalue weighted by Crippen LogP contribution is -2.34. The van der Waals surface area contributed by atoms with E-state index in [1.165, 1.54) is 17.0 Å². The molecule has 19 heavy (non-hydrogen) atoms. The molecule has 0 atom stereocenters. The quantitative estimate of drug-likeness (QED) is 0.818. The van der Waals surface area contributed by atoms with Crippen molar-refractivity contribution in [3.05, 3.63) is 29.6 Å². The van der Waals surface area contributed by atoms with Crippen molar-refractivity contribution in [3.8, 4) is 0 Å². The molecule has 0 fully saturated rings. The number of carbonyl (C=O) groups excluding carboxylic acids is 1. The van der Waals surface area contributed by atoms with Crippen LogP contribution in [0.3, 0.4) is 0 Å². The molecule has 5 nitrogen and oxygen atoms in total. The molecular weight excluding hydrogens is 251 g/mol. The van der Waals surface area contributed by atoms with Crippen molar-refractivity contribution in [1.29, 1.82) is 0 Å². The highest BCUT2D eigenvalue weighted by atomic mass is 19.1. The number of benzene rings is 1. The van der Waals surface area contributed by atoms with Crippen LogP contribution in [0.4, 0.5) is 10.1 Å². The van der Waals surface area contributed by atoms with E-state index < -0.39 is 17.7 Å². The number of aliphatic carboxylic acids is 1. The summed E-state index contributed by atoms with van der Waals surface area (Å²) in [5.41, 5.74) is 5.53. The number of primary amides is 1. The zero-order chi connectivity index (χ0) is 14.6. The smallest absolute Gasteiger partial charge is 0.323 e. The molecule has 3 N–H and O–H groups in total. The second-order valence-electron chi connectivity index (χ2n) is 4.69. The van der Waals surface area contributed by atoms with E-state index in [1.807, 2.05) is 13.8 Å². The van der Waals surface area contributed by atoms with Gasteiger partial charge in [0, 0.05) is 6.54 Å². The van der Waals surface area contributed by atoms with Gasteiger partial charge in [0.15, 0.2) is 0 Å². The molecule has 0 bridgehead atoms. The van der Waals surface area contributed by atoms with Crippen molar-refractivity contribution < 1.29 is 19.1 Å². The Morgan fingerprint density at radius 3 is 2.53 bits per heavy atom. The lowest BCUT2D eigenvalue weighted by Gasteiger charge is -2.26. The van der Waals surface area contributed by atoms with Crippen LogP contribution in [-0.4, -0.2) is 30.1 Å².